The van der Waals surface area contributed by atoms with E-state index in [1.165, 1.54) is 33.7 Å². The van der Waals surface area contributed by atoms with Crippen LogP contribution in [0.2, 0.25) is 0 Å². The smallest absolute Gasteiger partial charge is 0.311 e. The molecule has 7 nitrogen and oxygen atoms in total. The van der Waals surface area contributed by atoms with Crippen LogP contribution in [0.5, 0.6) is 0 Å². The van der Waals surface area contributed by atoms with Crippen molar-refractivity contribution in [1.82, 2.24) is 9.13 Å². The molecule has 0 saturated carbocycles. The number of rotatable bonds is 4. The Balaban J connectivity index is 2.00. The van der Waals surface area contributed by atoms with Gasteiger partial charge >= 0.3 is 5.69 Å². The van der Waals surface area contributed by atoms with Crippen LogP contribution < -0.4 is 16.1 Å². The number of nitrogens with zero attached hydrogens (tertiary/aromatic N) is 4. The lowest BCUT2D eigenvalue weighted by atomic mass is 10.2. The minimum absolute atomic E-state index is 0.0836. The lowest BCUT2D eigenvalue weighted by Gasteiger charge is -2.21. The van der Waals surface area contributed by atoms with Crippen LogP contribution in [-0.4, -0.2) is 21.6 Å². The lowest BCUT2D eigenvalue weighted by molar-refractivity contribution is -0.119. The van der Waals surface area contributed by atoms with Crippen molar-refractivity contribution in [3.05, 3.63) is 62.2 Å². The van der Waals surface area contributed by atoms with E-state index in [1.807, 2.05) is 6.07 Å². The van der Waals surface area contributed by atoms with Gasteiger partial charge in [0.25, 0.3) is 5.56 Å². The summed E-state index contributed by atoms with van der Waals surface area (Å²) >= 11 is 0. The first-order valence-electron chi connectivity index (χ1n) is 8.30. The van der Waals surface area contributed by atoms with Gasteiger partial charge in [0, 0.05) is 24.5 Å². The van der Waals surface area contributed by atoms with Crippen molar-refractivity contribution in [2.75, 3.05) is 11.4 Å². The number of hydrogen-bond donors (Lipinski definition) is 0. The van der Waals surface area contributed by atoms with Crippen molar-refractivity contribution in [3.63, 3.8) is 0 Å². The topological polar surface area (TPSA) is 88.1 Å². The second-order valence-corrected chi connectivity index (χ2v) is 5.98. The van der Waals surface area contributed by atoms with Crippen LogP contribution in [0, 0.1) is 17.1 Å². The van der Waals surface area contributed by atoms with Gasteiger partial charge in [-0.3, -0.25) is 14.2 Å². The Hall–Kier alpha value is -3.21. The minimum atomic E-state index is -0.742. The maximum absolute atomic E-state index is 13.1. The van der Waals surface area contributed by atoms with E-state index < -0.39 is 29.5 Å². The Morgan fingerprint density at radius 1 is 1.31 bits per heavy atom. The first kappa shape index (κ1) is 17.6. The number of amides is 1. The summed E-state index contributed by atoms with van der Waals surface area (Å²) in [6.45, 7) is 1.97. The number of carbonyl (C=O) groups is 1. The third-order valence-corrected chi connectivity index (χ3v) is 4.49. The molecule has 8 heteroatoms. The summed E-state index contributed by atoms with van der Waals surface area (Å²) in [6, 6.07) is 7.23. The summed E-state index contributed by atoms with van der Waals surface area (Å²) < 4.78 is 15.3. The molecule has 1 amide bonds. The Morgan fingerprint density at radius 2 is 2.00 bits per heavy atom. The molecule has 0 unspecified atom stereocenters. The molecular formula is C18H17FN4O3. The number of hydrogen-bond acceptors (Lipinski definition) is 4. The van der Waals surface area contributed by atoms with E-state index in [9.17, 15) is 24.0 Å². The van der Waals surface area contributed by atoms with E-state index in [1.54, 1.807) is 6.92 Å². The molecule has 0 saturated heterocycles. The maximum Gasteiger partial charge on any atom is 0.331 e. The van der Waals surface area contributed by atoms with Crippen LogP contribution in [0.25, 0.3) is 0 Å². The van der Waals surface area contributed by atoms with Gasteiger partial charge in [0.1, 0.15) is 24.0 Å². The highest BCUT2D eigenvalue weighted by Crippen LogP contribution is 2.16. The van der Waals surface area contributed by atoms with Crippen LogP contribution >= 0.6 is 0 Å². The zero-order valence-electron chi connectivity index (χ0n) is 14.2. The molecule has 0 atom stereocenters. The van der Waals surface area contributed by atoms with Crippen LogP contribution in [0.15, 0.2) is 33.9 Å². The van der Waals surface area contributed by atoms with Gasteiger partial charge in [-0.15, -0.1) is 0 Å². The van der Waals surface area contributed by atoms with E-state index in [-0.39, 0.29) is 12.1 Å². The molecule has 3 rings (SSSR count). The van der Waals surface area contributed by atoms with E-state index in [4.69, 9.17) is 0 Å². The fourth-order valence-corrected chi connectivity index (χ4v) is 3.23. The van der Waals surface area contributed by atoms with E-state index in [2.05, 4.69) is 0 Å². The van der Waals surface area contributed by atoms with Gasteiger partial charge in [-0.05, 0) is 44.0 Å². The van der Waals surface area contributed by atoms with Crippen molar-refractivity contribution in [1.29, 1.82) is 5.26 Å². The number of carbonyl (C=O) groups excluding carboxylic acids is 1. The number of fused-ring (bicyclic) bond motifs is 1. The summed E-state index contributed by atoms with van der Waals surface area (Å²) in [7, 11) is 0. The summed E-state index contributed by atoms with van der Waals surface area (Å²) in [5.41, 5.74) is -0.496. The first-order chi connectivity index (χ1) is 12.5. The molecule has 0 fully saturated rings. The lowest BCUT2D eigenvalue weighted by Crippen LogP contribution is -2.46. The fraction of sp³-hybridized carbons (Fsp3) is 0.333. The van der Waals surface area contributed by atoms with Crippen LogP contribution in [0.1, 0.15) is 24.6 Å². The van der Waals surface area contributed by atoms with E-state index >= 15 is 0 Å². The van der Waals surface area contributed by atoms with Gasteiger partial charge in [0.2, 0.25) is 5.91 Å². The second-order valence-electron chi connectivity index (χ2n) is 5.98. The van der Waals surface area contributed by atoms with Crippen molar-refractivity contribution < 1.29 is 9.18 Å². The molecule has 1 aliphatic rings. The molecule has 0 bridgehead atoms. The van der Waals surface area contributed by atoms with E-state index in [0.717, 1.165) is 4.57 Å². The zero-order valence-corrected chi connectivity index (χ0v) is 14.2. The normalized spacial score (nSPS) is 12.5. The molecule has 2 heterocycles. The molecule has 1 aromatic carbocycles. The molecule has 0 aliphatic carbocycles. The van der Waals surface area contributed by atoms with Gasteiger partial charge in [-0.2, -0.15) is 5.26 Å². The largest absolute Gasteiger partial charge is 0.331 e. The van der Waals surface area contributed by atoms with Crippen LogP contribution in [0.3, 0.4) is 0 Å². The van der Waals surface area contributed by atoms with Crippen molar-refractivity contribution in [2.45, 2.75) is 32.9 Å². The number of likely N-dealkylation sites (N-methyl/N-ethyl adjacent to an activating group) is 1. The highest BCUT2D eigenvalue weighted by Gasteiger charge is 2.24. The predicted molar refractivity (Wildman–Crippen MR) is 92.4 cm³/mol. The number of anilines is 1. The minimum Gasteiger partial charge on any atom is -0.311 e. The Kier molecular flexibility index (Phi) is 4.71. The molecule has 0 N–H and O–H groups in total. The molecule has 0 spiro atoms. The SMILES string of the molecule is CCN(C(=O)Cn1c(=O)c(C#N)c2n(c1=O)CCC2)c1ccc(F)cc1. The van der Waals surface area contributed by atoms with Crippen molar-refractivity contribution in [3.8, 4) is 6.07 Å². The highest BCUT2D eigenvalue weighted by molar-refractivity contribution is 5.93. The Morgan fingerprint density at radius 3 is 2.62 bits per heavy atom. The van der Waals surface area contributed by atoms with E-state index in [0.29, 0.717) is 30.8 Å². The average molecular weight is 356 g/mol. The molecule has 26 heavy (non-hydrogen) atoms. The molecule has 134 valence electrons. The number of benzene rings is 1. The summed E-state index contributed by atoms with van der Waals surface area (Å²) in [6.07, 6.45) is 1.18. The van der Waals surface area contributed by atoms with Crippen molar-refractivity contribution in [2.24, 2.45) is 0 Å². The average Bonchev–Trinajstić information content (AvgIpc) is 3.11. The maximum atomic E-state index is 13.1. The molecule has 1 aromatic heterocycles. The van der Waals surface area contributed by atoms with Crippen LogP contribution in [0.4, 0.5) is 10.1 Å². The Bertz CT molecular complexity index is 1010. The molecule has 2 aromatic rings. The quantitative estimate of drug-likeness (QED) is 0.818. The van der Waals surface area contributed by atoms with Gasteiger partial charge in [0.15, 0.2) is 0 Å². The van der Waals surface area contributed by atoms with Gasteiger partial charge in [0.05, 0.1) is 0 Å². The number of nitriles is 1. The zero-order chi connectivity index (χ0) is 18.8. The summed E-state index contributed by atoms with van der Waals surface area (Å²) in [5.74, 6) is -0.912. The summed E-state index contributed by atoms with van der Waals surface area (Å²) in [4.78, 5) is 39.1. The fourth-order valence-electron chi connectivity index (χ4n) is 3.23. The highest BCUT2D eigenvalue weighted by atomic mass is 19.1. The molecule has 0 radical (unpaired) electrons. The third kappa shape index (κ3) is 2.92. The standard InChI is InChI=1S/C18H17FN4O3/c1-2-21(13-7-5-12(19)6-8-13)16(24)11-23-17(25)14(10-20)15-4-3-9-22(15)18(23)26/h5-8H,2-4,9,11H2,1H3. The number of aromatic nitrogens is 2. The number of halogens is 1. The van der Waals surface area contributed by atoms with Gasteiger partial charge < -0.3 is 4.90 Å². The van der Waals surface area contributed by atoms with Gasteiger partial charge in [-0.1, -0.05) is 0 Å². The Labute approximate surface area is 148 Å². The second kappa shape index (κ2) is 6.96. The third-order valence-electron chi connectivity index (χ3n) is 4.49. The first-order valence-corrected chi connectivity index (χ1v) is 8.30. The van der Waals surface area contributed by atoms with Crippen molar-refractivity contribution >= 4 is 11.6 Å². The van der Waals surface area contributed by atoms with Crippen LogP contribution in [-0.2, 0) is 24.3 Å². The monoisotopic (exact) mass is 356 g/mol. The molecule has 1 aliphatic heterocycles. The molecular weight excluding hydrogens is 339 g/mol. The summed E-state index contributed by atoms with van der Waals surface area (Å²) in [5, 5.41) is 9.28. The predicted octanol–water partition coefficient (Wildman–Crippen LogP) is 1.02. The van der Waals surface area contributed by atoms with Gasteiger partial charge in [-0.25, -0.2) is 13.8 Å².